The number of hydrogen-bond acceptors (Lipinski definition) is 5. The van der Waals surface area contributed by atoms with Crippen LogP contribution in [0.5, 0.6) is 0 Å². The number of primary amides is 1. The van der Waals surface area contributed by atoms with Gasteiger partial charge in [-0.3, -0.25) is 4.79 Å². The molecular formula is C8H14N2O4. The molecule has 0 saturated carbocycles. The Morgan fingerprint density at radius 3 is 2.93 bits per heavy atom. The Balaban J connectivity index is 2.16. The van der Waals surface area contributed by atoms with Crippen LogP contribution in [0.4, 0.5) is 4.79 Å². The molecule has 0 aromatic carbocycles. The van der Waals surface area contributed by atoms with Gasteiger partial charge >= 0.3 is 6.09 Å². The second-order valence-electron chi connectivity index (χ2n) is 2.95. The third-order valence-electron chi connectivity index (χ3n) is 1.88. The highest BCUT2D eigenvalue weighted by molar-refractivity contribution is 5.83. The number of ketones is 1. The van der Waals surface area contributed by atoms with E-state index in [-0.39, 0.29) is 18.8 Å². The summed E-state index contributed by atoms with van der Waals surface area (Å²) in [4.78, 5) is 21.6. The summed E-state index contributed by atoms with van der Waals surface area (Å²) in [6, 6.07) is 0. The molecule has 0 bridgehead atoms. The first-order valence-electron chi connectivity index (χ1n) is 4.47. The maximum absolute atomic E-state index is 11.4. The number of carbonyl (C=O) groups is 2. The zero-order chi connectivity index (χ0) is 10.4. The molecule has 1 atom stereocenters. The van der Waals surface area contributed by atoms with Gasteiger partial charge in [-0.2, -0.15) is 0 Å². The summed E-state index contributed by atoms with van der Waals surface area (Å²) in [6.07, 6.45) is -1.13. The van der Waals surface area contributed by atoms with Crippen LogP contribution in [0.1, 0.15) is 6.42 Å². The molecule has 1 unspecified atom stereocenters. The first-order chi connectivity index (χ1) is 6.70. The Hall–Kier alpha value is -1.14. The Bertz CT molecular complexity index is 213. The number of carbonyl (C=O) groups excluding carboxylic acids is 2. The van der Waals surface area contributed by atoms with Gasteiger partial charge in [-0.25, -0.2) is 4.79 Å². The Morgan fingerprint density at radius 1 is 1.57 bits per heavy atom. The molecule has 1 heterocycles. The van der Waals surface area contributed by atoms with Crippen LogP contribution in [0, 0.1) is 0 Å². The van der Waals surface area contributed by atoms with E-state index in [4.69, 9.17) is 10.5 Å². The minimum atomic E-state index is -0.861. The third-order valence-corrected chi connectivity index (χ3v) is 1.88. The average molecular weight is 202 g/mol. The molecule has 1 amide bonds. The van der Waals surface area contributed by atoms with Gasteiger partial charge in [-0.05, 0) is 0 Å². The van der Waals surface area contributed by atoms with E-state index in [1.54, 1.807) is 0 Å². The SMILES string of the molecule is NC(=O)OCCC(=O)C1CNCCO1. The largest absolute Gasteiger partial charge is 0.449 e. The summed E-state index contributed by atoms with van der Waals surface area (Å²) in [5, 5.41) is 3.04. The van der Waals surface area contributed by atoms with Gasteiger partial charge in [0.1, 0.15) is 12.7 Å². The van der Waals surface area contributed by atoms with E-state index < -0.39 is 12.2 Å². The van der Waals surface area contributed by atoms with E-state index in [0.717, 1.165) is 6.54 Å². The molecule has 6 nitrogen and oxygen atoms in total. The smallest absolute Gasteiger partial charge is 0.404 e. The van der Waals surface area contributed by atoms with Gasteiger partial charge in [-0.15, -0.1) is 0 Å². The quantitative estimate of drug-likeness (QED) is 0.612. The maximum Gasteiger partial charge on any atom is 0.404 e. The predicted octanol–water partition coefficient (Wildman–Crippen LogP) is -0.971. The van der Waals surface area contributed by atoms with Crippen molar-refractivity contribution in [3.8, 4) is 0 Å². The monoisotopic (exact) mass is 202 g/mol. The molecule has 6 heteroatoms. The maximum atomic E-state index is 11.4. The second kappa shape index (κ2) is 5.56. The van der Waals surface area contributed by atoms with E-state index in [1.807, 2.05) is 0 Å². The lowest BCUT2D eigenvalue weighted by molar-refractivity contribution is -0.132. The highest BCUT2D eigenvalue weighted by Crippen LogP contribution is 2.00. The molecular weight excluding hydrogens is 188 g/mol. The van der Waals surface area contributed by atoms with Gasteiger partial charge in [0, 0.05) is 19.5 Å². The summed E-state index contributed by atoms with van der Waals surface area (Å²) < 4.78 is 9.66. The first kappa shape index (κ1) is 10.9. The molecule has 1 aliphatic rings. The fourth-order valence-electron chi connectivity index (χ4n) is 1.19. The number of Topliss-reactive ketones (excluding diaryl/α,β-unsaturated/α-hetero) is 1. The molecule has 80 valence electrons. The van der Waals surface area contributed by atoms with Crippen molar-refractivity contribution in [1.29, 1.82) is 0 Å². The molecule has 0 spiro atoms. The van der Waals surface area contributed by atoms with Crippen molar-refractivity contribution in [2.45, 2.75) is 12.5 Å². The number of nitrogens with two attached hydrogens (primary N) is 1. The lowest BCUT2D eigenvalue weighted by Crippen LogP contribution is -2.43. The van der Waals surface area contributed by atoms with Crippen LogP contribution in [-0.4, -0.2) is 44.3 Å². The average Bonchev–Trinajstić information content (AvgIpc) is 2.18. The van der Waals surface area contributed by atoms with Crippen LogP contribution in [-0.2, 0) is 14.3 Å². The van der Waals surface area contributed by atoms with Gasteiger partial charge < -0.3 is 20.5 Å². The molecule has 1 aliphatic heterocycles. The van der Waals surface area contributed by atoms with Crippen LogP contribution >= 0.6 is 0 Å². The van der Waals surface area contributed by atoms with E-state index in [0.29, 0.717) is 13.2 Å². The van der Waals surface area contributed by atoms with Crippen LogP contribution in [0.25, 0.3) is 0 Å². The highest BCUT2D eigenvalue weighted by atomic mass is 16.5. The van der Waals surface area contributed by atoms with Gasteiger partial charge in [-0.1, -0.05) is 0 Å². The summed E-state index contributed by atoms with van der Waals surface area (Å²) >= 11 is 0. The highest BCUT2D eigenvalue weighted by Gasteiger charge is 2.21. The zero-order valence-electron chi connectivity index (χ0n) is 7.82. The number of morpholine rings is 1. The minimum Gasteiger partial charge on any atom is -0.449 e. The normalized spacial score (nSPS) is 21.6. The predicted molar refractivity (Wildman–Crippen MR) is 47.8 cm³/mol. The molecule has 3 N–H and O–H groups in total. The second-order valence-corrected chi connectivity index (χ2v) is 2.95. The lowest BCUT2D eigenvalue weighted by atomic mass is 10.1. The summed E-state index contributed by atoms with van der Waals surface area (Å²) in [7, 11) is 0. The first-order valence-corrected chi connectivity index (χ1v) is 4.47. The standard InChI is InChI=1S/C8H14N2O4/c9-8(12)14-3-1-6(11)7-5-10-2-4-13-7/h7,10H,1-5H2,(H2,9,12). The van der Waals surface area contributed by atoms with Crippen LogP contribution in [0.3, 0.4) is 0 Å². The van der Waals surface area contributed by atoms with E-state index in [2.05, 4.69) is 10.1 Å². The molecule has 0 aromatic heterocycles. The number of amides is 1. The van der Waals surface area contributed by atoms with Crippen LogP contribution in [0.2, 0.25) is 0 Å². The van der Waals surface area contributed by atoms with Crippen molar-refractivity contribution < 1.29 is 19.1 Å². The van der Waals surface area contributed by atoms with Gasteiger partial charge in [0.25, 0.3) is 0 Å². The van der Waals surface area contributed by atoms with Crippen molar-refractivity contribution in [2.24, 2.45) is 5.73 Å². The third kappa shape index (κ3) is 3.71. The molecule has 1 fully saturated rings. The van der Waals surface area contributed by atoms with Crippen molar-refractivity contribution in [3.63, 3.8) is 0 Å². The zero-order valence-corrected chi connectivity index (χ0v) is 7.82. The van der Waals surface area contributed by atoms with Crippen molar-refractivity contribution in [2.75, 3.05) is 26.3 Å². The van der Waals surface area contributed by atoms with Crippen molar-refractivity contribution >= 4 is 11.9 Å². The molecule has 0 aromatic rings. The molecule has 1 rings (SSSR count). The summed E-state index contributed by atoms with van der Waals surface area (Å²) in [6.45, 7) is 1.85. The number of rotatable bonds is 4. The Morgan fingerprint density at radius 2 is 2.36 bits per heavy atom. The Labute approximate surface area is 81.7 Å². The lowest BCUT2D eigenvalue weighted by Gasteiger charge is -2.22. The number of hydrogen-bond donors (Lipinski definition) is 2. The van der Waals surface area contributed by atoms with E-state index >= 15 is 0 Å². The van der Waals surface area contributed by atoms with Crippen molar-refractivity contribution in [1.82, 2.24) is 5.32 Å². The van der Waals surface area contributed by atoms with Gasteiger partial charge in [0.15, 0.2) is 5.78 Å². The van der Waals surface area contributed by atoms with Crippen molar-refractivity contribution in [3.05, 3.63) is 0 Å². The van der Waals surface area contributed by atoms with Crippen LogP contribution in [0.15, 0.2) is 0 Å². The molecule has 0 radical (unpaired) electrons. The summed E-state index contributed by atoms with van der Waals surface area (Å²) in [5.74, 6) is -0.0709. The number of nitrogens with one attached hydrogen (secondary N) is 1. The van der Waals surface area contributed by atoms with Crippen LogP contribution < -0.4 is 11.1 Å². The summed E-state index contributed by atoms with van der Waals surface area (Å²) in [5.41, 5.74) is 4.74. The van der Waals surface area contributed by atoms with E-state index in [1.165, 1.54) is 0 Å². The molecule has 0 aliphatic carbocycles. The van der Waals surface area contributed by atoms with E-state index in [9.17, 15) is 9.59 Å². The fourth-order valence-corrected chi connectivity index (χ4v) is 1.19. The Kier molecular flexibility index (Phi) is 4.34. The molecule has 14 heavy (non-hydrogen) atoms. The van der Waals surface area contributed by atoms with Gasteiger partial charge in [0.2, 0.25) is 0 Å². The number of ether oxygens (including phenoxy) is 2. The topological polar surface area (TPSA) is 90.7 Å². The molecule has 1 saturated heterocycles. The fraction of sp³-hybridized carbons (Fsp3) is 0.750. The van der Waals surface area contributed by atoms with Gasteiger partial charge in [0.05, 0.1) is 6.61 Å². The minimum absolute atomic E-state index is 0.0219.